The summed E-state index contributed by atoms with van der Waals surface area (Å²) >= 11 is 0. The van der Waals surface area contributed by atoms with Gasteiger partial charge in [0, 0.05) is 0 Å². The van der Waals surface area contributed by atoms with Gasteiger partial charge < -0.3 is 9.31 Å². The Bertz CT molecular complexity index is 1780. The van der Waals surface area contributed by atoms with Crippen molar-refractivity contribution in [3.05, 3.63) is 149 Å². The molecule has 42 heavy (non-hydrogen) atoms. The van der Waals surface area contributed by atoms with Gasteiger partial charge in [0.1, 0.15) is 0 Å². The molecule has 3 nitrogen and oxygen atoms in total. The summed E-state index contributed by atoms with van der Waals surface area (Å²) < 4.78 is 12.6. The van der Waals surface area contributed by atoms with Crippen LogP contribution in [0.15, 0.2) is 121 Å². The molecular weight excluding hydrogens is 513 g/mol. The predicted octanol–water partition coefficient (Wildman–Crippen LogP) is 7.89. The van der Waals surface area contributed by atoms with Crippen LogP contribution in [0.25, 0.3) is 22.3 Å². The molecule has 2 aliphatic rings. The molecular formula is C38H32BNO2. The third-order valence-electron chi connectivity index (χ3n) is 9.45. The monoisotopic (exact) mass is 545 g/mol. The number of hydrogen-bond acceptors (Lipinski definition) is 3. The summed E-state index contributed by atoms with van der Waals surface area (Å²) in [5, 5.41) is 9.88. The van der Waals surface area contributed by atoms with Crippen molar-refractivity contribution in [2.45, 2.75) is 44.3 Å². The number of hydrogen-bond donors (Lipinski definition) is 0. The highest BCUT2D eigenvalue weighted by molar-refractivity contribution is 6.62. The molecule has 7 rings (SSSR count). The van der Waals surface area contributed by atoms with Gasteiger partial charge in [-0.2, -0.15) is 5.26 Å². The van der Waals surface area contributed by atoms with Crippen molar-refractivity contribution in [2.75, 3.05) is 0 Å². The molecule has 1 heterocycles. The summed E-state index contributed by atoms with van der Waals surface area (Å²) in [5.74, 6) is 0. The number of fused-ring (bicyclic) bond motifs is 3. The average Bonchev–Trinajstić information content (AvgIpc) is 3.43. The van der Waals surface area contributed by atoms with Crippen molar-refractivity contribution < 1.29 is 9.31 Å². The fraction of sp³-hybridized carbons (Fsp3) is 0.184. The SMILES string of the molecule is CC1(C)OB(c2ccc(-c3ccc4c(c3)C(c3ccccc3)(c3ccccc3)c3cc(C#N)ccc3-4)cc2)OC1(C)C. The maximum atomic E-state index is 9.88. The Hall–Kier alpha value is -4.43. The number of nitriles is 1. The number of benzene rings is 5. The summed E-state index contributed by atoms with van der Waals surface area (Å²) in [6.45, 7) is 8.31. The molecule has 1 aliphatic heterocycles. The normalized spacial score (nSPS) is 17.4. The molecule has 1 fully saturated rings. The van der Waals surface area contributed by atoms with Crippen LogP contribution in [0.4, 0.5) is 0 Å². The van der Waals surface area contributed by atoms with Gasteiger partial charge in [-0.05, 0) is 95.9 Å². The first-order chi connectivity index (χ1) is 20.2. The standard InChI is InChI=1S/C38H32BNO2/c1-36(2)37(3,4)42-39(41-36)31-19-16-27(17-20-31)28-18-22-33-32-21-15-26(25-40)23-34(32)38(35(33)24-28,29-11-7-5-8-12-29)30-13-9-6-10-14-30/h5-24H,1-4H3. The van der Waals surface area contributed by atoms with Crippen LogP contribution in [0.3, 0.4) is 0 Å². The van der Waals surface area contributed by atoms with E-state index in [-0.39, 0.29) is 11.2 Å². The Labute approximate surface area is 248 Å². The molecule has 0 saturated carbocycles. The van der Waals surface area contributed by atoms with E-state index in [0.29, 0.717) is 5.56 Å². The van der Waals surface area contributed by atoms with Gasteiger partial charge in [-0.3, -0.25) is 0 Å². The van der Waals surface area contributed by atoms with Crippen LogP contribution in [0.1, 0.15) is 55.5 Å². The summed E-state index contributed by atoms with van der Waals surface area (Å²) in [6, 6.07) is 45.2. The molecule has 5 aromatic rings. The van der Waals surface area contributed by atoms with Crippen LogP contribution in [0, 0.1) is 11.3 Å². The van der Waals surface area contributed by atoms with Crippen molar-refractivity contribution in [1.29, 1.82) is 5.26 Å². The first-order valence-electron chi connectivity index (χ1n) is 14.5. The quantitative estimate of drug-likeness (QED) is 0.212. The lowest BCUT2D eigenvalue weighted by atomic mass is 9.67. The van der Waals surface area contributed by atoms with Gasteiger partial charge in [0.15, 0.2) is 0 Å². The van der Waals surface area contributed by atoms with E-state index in [0.717, 1.165) is 22.2 Å². The average molecular weight is 545 g/mol. The Morgan fingerprint density at radius 2 is 1.07 bits per heavy atom. The highest BCUT2D eigenvalue weighted by Gasteiger charge is 2.51. The minimum atomic E-state index is -0.557. The molecule has 4 heteroatoms. The van der Waals surface area contributed by atoms with E-state index in [2.05, 4.69) is 149 Å². The summed E-state index contributed by atoms with van der Waals surface area (Å²) in [7, 11) is -0.392. The van der Waals surface area contributed by atoms with Crippen LogP contribution in [0.5, 0.6) is 0 Å². The zero-order chi connectivity index (χ0) is 29.1. The molecule has 1 aliphatic carbocycles. The maximum Gasteiger partial charge on any atom is 0.494 e. The molecule has 0 unspecified atom stereocenters. The van der Waals surface area contributed by atoms with Crippen LogP contribution in [0.2, 0.25) is 0 Å². The van der Waals surface area contributed by atoms with Gasteiger partial charge in [-0.25, -0.2) is 0 Å². The van der Waals surface area contributed by atoms with Crippen molar-refractivity contribution >= 4 is 12.6 Å². The van der Waals surface area contributed by atoms with E-state index in [9.17, 15) is 5.26 Å². The number of rotatable bonds is 4. The van der Waals surface area contributed by atoms with E-state index >= 15 is 0 Å². The molecule has 1 saturated heterocycles. The molecule has 0 aromatic heterocycles. The summed E-state index contributed by atoms with van der Waals surface area (Å²) in [5.41, 5.74) is 9.70. The van der Waals surface area contributed by atoms with Gasteiger partial charge in [-0.1, -0.05) is 103 Å². The third kappa shape index (κ3) is 3.89. The van der Waals surface area contributed by atoms with Gasteiger partial charge in [-0.15, -0.1) is 0 Å². The Morgan fingerprint density at radius 1 is 0.571 bits per heavy atom. The molecule has 5 aromatic carbocycles. The van der Waals surface area contributed by atoms with E-state index in [4.69, 9.17) is 9.31 Å². The third-order valence-corrected chi connectivity index (χ3v) is 9.45. The zero-order valence-electron chi connectivity index (χ0n) is 24.4. The van der Waals surface area contributed by atoms with E-state index in [1.54, 1.807) is 0 Å². The largest absolute Gasteiger partial charge is 0.494 e. The van der Waals surface area contributed by atoms with Gasteiger partial charge >= 0.3 is 7.12 Å². The molecule has 0 amide bonds. The van der Waals surface area contributed by atoms with E-state index in [1.807, 2.05) is 6.07 Å². The van der Waals surface area contributed by atoms with Gasteiger partial charge in [0.25, 0.3) is 0 Å². The zero-order valence-corrected chi connectivity index (χ0v) is 24.4. The molecule has 0 N–H and O–H groups in total. The van der Waals surface area contributed by atoms with Crippen molar-refractivity contribution in [1.82, 2.24) is 0 Å². The Morgan fingerprint density at radius 3 is 1.62 bits per heavy atom. The lowest BCUT2D eigenvalue weighted by Gasteiger charge is -2.34. The minimum absolute atomic E-state index is 0.380. The second-order valence-electron chi connectivity index (χ2n) is 12.3. The van der Waals surface area contributed by atoms with Crippen LogP contribution in [-0.2, 0) is 14.7 Å². The first kappa shape index (κ1) is 26.5. The van der Waals surface area contributed by atoms with Crippen LogP contribution >= 0.6 is 0 Å². The van der Waals surface area contributed by atoms with Crippen molar-refractivity contribution in [2.24, 2.45) is 0 Å². The molecule has 0 radical (unpaired) electrons. The van der Waals surface area contributed by atoms with E-state index < -0.39 is 12.5 Å². The Kier molecular flexibility index (Phi) is 6.03. The topological polar surface area (TPSA) is 42.2 Å². The van der Waals surface area contributed by atoms with Gasteiger partial charge in [0.05, 0.1) is 28.2 Å². The van der Waals surface area contributed by atoms with Crippen LogP contribution < -0.4 is 5.46 Å². The maximum absolute atomic E-state index is 9.88. The fourth-order valence-corrected chi connectivity index (χ4v) is 6.55. The molecule has 0 atom stereocenters. The van der Waals surface area contributed by atoms with Crippen LogP contribution in [-0.4, -0.2) is 18.3 Å². The second-order valence-corrected chi connectivity index (χ2v) is 12.3. The predicted molar refractivity (Wildman–Crippen MR) is 170 cm³/mol. The smallest absolute Gasteiger partial charge is 0.399 e. The lowest BCUT2D eigenvalue weighted by Crippen LogP contribution is -2.41. The summed E-state index contributed by atoms with van der Waals surface area (Å²) in [4.78, 5) is 0. The van der Waals surface area contributed by atoms with E-state index in [1.165, 1.54) is 27.8 Å². The summed E-state index contributed by atoms with van der Waals surface area (Å²) in [6.07, 6.45) is 0. The van der Waals surface area contributed by atoms with Gasteiger partial charge in [0.2, 0.25) is 0 Å². The lowest BCUT2D eigenvalue weighted by molar-refractivity contribution is 0.00578. The highest BCUT2D eigenvalue weighted by atomic mass is 16.7. The fourth-order valence-electron chi connectivity index (χ4n) is 6.55. The minimum Gasteiger partial charge on any atom is -0.399 e. The first-order valence-corrected chi connectivity index (χ1v) is 14.5. The molecule has 0 bridgehead atoms. The van der Waals surface area contributed by atoms with Crippen molar-refractivity contribution in [3.63, 3.8) is 0 Å². The molecule has 204 valence electrons. The highest BCUT2D eigenvalue weighted by Crippen LogP contribution is 2.56. The van der Waals surface area contributed by atoms with Crippen molar-refractivity contribution in [3.8, 4) is 28.3 Å². The Balaban J connectivity index is 1.39. The number of nitrogens with zero attached hydrogens (tertiary/aromatic N) is 1. The molecule has 0 spiro atoms. The second kappa shape index (κ2) is 9.56.